The van der Waals surface area contributed by atoms with Crippen molar-refractivity contribution < 1.29 is 25.2 Å². The topological polar surface area (TPSA) is 98.0 Å². The molecule has 0 unspecified atom stereocenters. The van der Waals surface area contributed by atoms with Crippen LogP contribution in [-0.2, 0) is 4.79 Å². The maximum absolute atomic E-state index is 13.2. The molecule has 33 heavy (non-hydrogen) atoms. The third-order valence-corrected chi connectivity index (χ3v) is 11.1. The normalized spacial score (nSPS) is 46.6. The van der Waals surface area contributed by atoms with Gasteiger partial charge in [-0.3, -0.25) is 4.79 Å². The van der Waals surface area contributed by atoms with Gasteiger partial charge in [0.25, 0.3) is 0 Å². The zero-order chi connectivity index (χ0) is 24.5. The SMILES string of the molecule is CC(C)[C@@H](C)[C@H](O)[C@@H](O)[C@@H](C)[C@H]1CC[C@H]2C3=CC(=O)[C@H]4C[C@H](O)[C@H](O)C[C@]4(C)[C@H]3CC[C@]12C. The largest absolute Gasteiger partial charge is 0.390 e. The molecule has 0 aromatic heterocycles. The molecule has 188 valence electrons. The smallest absolute Gasteiger partial charge is 0.159 e. The van der Waals surface area contributed by atoms with Crippen LogP contribution in [0.25, 0.3) is 0 Å². The number of allylic oxidation sites excluding steroid dienone is 2. The molecule has 0 saturated heterocycles. The molecule has 12 atom stereocenters. The van der Waals surface area contributed by atoms with E-state index in [0.29, 0.717) is 30.6 Å². The lowest BCUT2D eigenvalue weighted by Gasteiger charge is -2.57. The molecule has 5 nitrogen and oxygen atoms in total. The number of carbonyl (C=O) groups excluding carboxylic acids is 1. The first-order valence-electron chi connectivity index (χ1n) is 13.3. The summed E-state index contributed by atoms with van der Waals surface area (Å²) in [7, 11) is 0. The first-order valence-corrected chi connectivity index (χ1v) is 13.3. The van der Waals surface area contributed by atoms with Crippen molar-refractivity contribution in [1.82, 2.24) is 0 Å². The monoisotopic (exact) mass is 462 g/mol. The Balaban J connectivity index is 1.60. The molecular formula is C28H46O5. The van der Waals surface area contributed by atoms with Crippen molar-refractivity contribution in [3.63, 3.8) is 0 Å². The lowest BCUT2D eigenvalue weighted by molar-refractivity contribution is -0.143. The van der Waals surface area contributed by atoms with Gasteiger partial charge in [0.15, 0.2) is 5.78 Å². The Bertz CT molecular complexity index is 791. The maximum Gasteiger partial charge on any atom is 0.159 e. The third kappa shape index (κ3) is 3.86. The minimum atomic E-state index is -0.811. The molecule has 3 saturated carbocycles. The van der Waals surface area contributed by atoms with Gasteiger partial charge in [0, 0.05) is 5.92 Å². The first kappa shape index (κ1) is 25.3. The predicted molar refractivity (Wildman–Crippen MR) is 128 cm³/mol. The van der Waals surface area contributed by atoms with Crippen molar-refractivity contribution in [2.45, 2.75) is 104 Å². The number of carbonyl (C=O) groups is 1. The zero-order valence-electron chi connectivity index (χ0n) is 21.4. The highest BCUT2D eigenvalue weighted by molar-refractivity contribution is 5.94. The van der Waals surface area contributed by atoms with Crippen LogP contribution in [0.1, 0.15) is 80.1 Å². The van der Waals surface area contributed by atoms with Crippen LogP contribution in [0, 0.1) is 52.3 Å². The van der Waals surface area contributed by atoms with Crippen LogP contribution < -0.4 is 0 Å². The van der Waals surface area contributed by atoms with Gasteiger partial charge in [-0.05, 0) is 90.9 Å². The minimum absolute atomic E-state index is 0.000206. The van der Waals surface area contributed by atoms with E-state index < -0.39 is 24.4 Å². The maximum atomic E-state index is 13.2. The van der Waals surface area contributed by atoms with Crippen LogP contribution in [0.4, 0.5) is 0 Å². The number of rotatable bonds is 5. The van der Waals surface area contributed by atoms with E-state index >= 15 is 0 Å². The average molecular weight is 463 g/mol. The van der Waals surface area contributed by atoms with Gasteiger partial charge in [-0.15, -0.1) is 0 Å². The number of aliphatic hydroxyl groups is 4. The average Bonchev–Trinajstić information content (AvgIpc) is 3.10. The fourth-order valence-electron chi connectivity index (χ4n) is 8.55. The van der Waals surface area contributed by atoms with Gasteiger partial charge in [-0.2, -0.15) is 0 Å². The fourth-order valence-corrected chi connectivity index (χ4v) is 8.55. The molecule has 5 heteroatoms. The van der Waals surface area contributed by atoms with Crippen molar-refractivity contribution in [1.29, 1.82) is 0 Å². The Labute approximate surface area is 199 Å². The van der Waals surface area contributed by atoms with Gasteiger partial charge in [-0.1, -0.05) is 47.1 Å². The molecule has 3 fully saturated rings. The summed E-state index contributed by atoms with van der Waals surface area (Å²) in [6.07, 6.45) is 3.71. The van der Waals surface area contributed by atoms with Crippen LogP contribution in [0.5, 0.6) is 0 Å². The van der Waals surface area contributed by atoms with Crippen LogP contribution in [0.15, 0.2) is 11.6 Å². The zero-order valence-corrected chi connectivity index (χ0v) is 21.4. The molecular weight excluding hydrogens is 416 g/mol. The van der Waals surface area contributed by atoms with Gasteiger partial charge in [0.2, 0.25) is 0 Å². The summed E-state index contributed by atoms with van der Waals surface area (Å²) in [6.45, 7) is 12.8. The summed E-state index contributed by atoms with van der Waals surface area (Å²) in [5.41, 5.74) is 0.962. The number of aliphatic hydroxyl groups excluding tert-OH is 4. The summed E-state index contributed by atoms with van der Waals surface area (Å²) in [4.78, 5) is 13.2. The molecule has 0 heterocycles. The lowest BCUT2D eigenvalue weighted by atomic mass is 9.47. The molecule has 0 aromatic rings. The van der Waals surface area contributed by atoms with E-state index in [-0.39, 0.29) is 40.3 Å². The molecule has 0 aromatic carbocycles. The Morgan fingerprint density at radius 2 is 1.52 bits per heavy atom. The standard InChI is InChI=1S/C28H46O5/c1-14(2)15(3)25(32)26(33)16(4)18-7-8-19-17-11-22(29)21-12-23(30)24(31)13-28(21,6)20(17)9-10-27(18,19)5/h11,14-16,18-21,23-26,30-33H,7-10,12-13H2,1-6H3/t15-,16+,18-,19+,20+,21-,23+,24-,25+,26+,27-,28-/m1/s1. The van der Waals surface area contributed by atoms with Crippen molar-refractivity contribution in [2.75, 3.05) is 0 Å². The molecule has 4 aliphatic carbocycles. The quantitative estimate of drug-likeness (QED) is 0.499. The molecule has 0 aliphatic heterocycles. The highest BCUT2D eigenvalue weighted by Gasteiger charge is 2.61. The van der Waals surface area contributed by atoms with E-state index in [2.05, 4.69) is 34.6 Å². The summed E-state index contributed by atoms with van der Waals surface area (Å²) < 4.78 is 0. The number of hydrogen-bond donors (Lipinski definition) is 4. The predicted octanol–water partition coefficient (Wildman–Crippen LogP) is 3.73. The van der Waals surface area contributed by atoms with E-state index in [4.69, 9.17) is 0 Å². The van der Waals surface area contributed by atoms with E-state index in [9.17, 15) is 25.2 Å². The molecule has 0 radical (unpaired) electrons. The van der Waals surface area contributed by atoms with E-state index in [1.165, 1.54) is 5.57 Å². The second kappa shape index (κ2) is 8.72. The molecule has 4 aliphatic rings. The Kier molecular flexibility index (Phi) is 6.70. The highest BCUT2D eigenvalue weighted by Crippen LogP contribution is 2.66. The second-order valence-electron chi connectivity index (χ2n) is 13.0. The fraction of sp³-hybridized carbons (Fsp3) is 0.893. The lowest BCUT2D eigenvalue weighted by Crippen LogP contribution is -2.56. The minimum Gasteiger partial charge on any atom is -0.390 e. The molecule has 4 rings (SSSR count). The van der Waals surface area contributed by atoms with Crippen LogP contribution in [-0.4, -0.2) is 50.6 Å². The Hall–Kier alpha value is -0.750. The van der Waals surface area contributed by atoms with Crippen LogP contribution in [0.2, 0.25) is 0 Å². The summed E-state index contributed by atoms with van der Waals surface area (Å²) in [5.74, 6) is 1.12. The highest BCUT2D eigenvalue weighted by atomic mass is 16.3. The van der Waals surface area contributed by atoms with Gasteiger partial charge in [0.05, 0.1) is 24.4 Å². The van der Waals surface area contributed by atoms with Crippen LogP contribution in [0.3, 0.4) is 0 Å². The van der Waals surface area contributed by atoms with Gasteiger partial charge in [-0.25, -0.2) is 0 Å². The molecule has 0 spiro atoms. The molecule has 0 amide bonds. The Morgan fingerprint density at radius 1 is 0.879 bits per heavy atom. The van der Waals surface area contributed by atoms with Crippen molar-refractivity contribution in [2.24, 2.45) is 52.3 Å². The molecule has 0 bridgehead atoms. The van der Waals surface area contributed by atoms with E-state index in [0.717, 1.165) is 25.7 Å². The molecule has 4 N–H and O–H groups in total. The number of fused-ring (bicyclic) bond motifs is 5. The van der Waals surface area contributed by atoms with Gasteiger partial charge < -0.3 is 20.4 Å². The summed E-state index contributed by atoms with van der Waals surface area (Å²) in [6, 6.07) is 0. The van der Waals surface area contributed by atoms with E-state index in [1.807, 2.05) is 13.0 Å². The summed E-state index contributed by atoms with van der Waals surface area (Å²) >= 11 is 0. The Morgan fingerprint density at radius 3 is 2.15 bits per heavy atom. The van der Waals surface area contributed by atoms with Crippen molar-refractivity contribution >= 4 is 5.78 Å². The van der Waals surface area contributed by atoms with Gasteiger partial charge >= 0.3 is 0 Å². The van der Waals surface area contributed by atoms with Crippen molar-refractivity contribution in [3.05, 3.63) is 11.6 Å². The van der Waals surface area contributed by atoms with Crippen molar-refractivity contribution in [3.8, 4) is 0 Å². The summed E-state index contributed by atoms with van der Waals surface area (Å²) in [5, 5.41) is 42.7. The van der Waals surface area contributed by atoms with E-state index in [1.54, 1.807) is 0 Å². The number of ketones is 1. The van der Waals surface area contributed by atoms with Gasteiger partial charge in [0.1, 0.15) is 0 Å². The first-order chi connectivity index (χ1) is 15.3. The number of hydrogen-bond acceptors (Lipinski definition) is 5. The third-order valence-electron chi connectivity index (χ3n) is 11.1. The second-order valence-corrected chi connectivity index (χ2v) is 13.0. The van der Waals surface area contributed by atoms with Crippen LogP contribution >= 0.6 is 0 Å².